The lowest BCUT2D eigenvalue weighted by atomic mass is 9.79. The van der Waals surface area contributed by atoms with E-state index in [0.717, 1.165) is 39.3 Å². The molecular weight excluding hydrogens is 392 g/mol. The lowest BCUT2D eigenvalue weighted by Gasteiger charge is -2.37. The molecule has 2 atom stereocenters. The fraction of sp³-hybridized carbons (Fsp3) is 0.308. The third-order valence-electron chi connectivity index (χ3n) is 6.47. The highest BCUT2D eigenvalue weighted by molar-refractivity contribution is 5.75. The summed E-state index contributed by atoms with van der Waals surface area (Å²) in [4.78, 5) is 0. The number of ether oxygens (including phenoxy) is 4. The molecule has 0 amide bonds. The van der Waals surface area contributed by atoms with Crippen molar-refractivity contribution in [2.75, 3.05) is 27.9 Å². The van der Waals surface area contributed by atoms with Crippen molar-refractivity contribution in [1.29, 1.82) is 0 Å². The number of rotatable bonds is 4. The quantitative estimate of drug-likeness (QED) is 0.676. The molecule has 2 unspecified atom stereocenters. The van der Waals surface area contributed by atoms with Gasteiger partial charge in [0.05, 0.1) is 21.3 Å². The maximum absolute atomic E-state index is 11.6. The number of hydrogen-bond donors (Lipinski definition) is 1. The fourth-order valence-corrected chi connectivity index (χ4v) is 4.93. The molecule has 1 heterocycles. The number of benzene rings is 3. The molecule has 5 heteroatoms. The Balaban J connectivity index is 1.70. The third kappa shape index (κ3) is 3.03. The highest BCUT2D eigenvalue weighted by Gasteiger charge is 2.50. The molecule has 5 nitrogen and oxygen atoms in total. The van der Waals surface area contributed by atoms with E-state index in [1.54, 1.807) is 21.3 Å². The number of hydrogen-bond acceptors (Lipinski definition) is 5. The second kappa shape index (κ2) is 7.20. The van der Waals surface area contributed by atoms with Crippen molar-refractivity contribution in [2.24, 2.45) is 0 Å². The van der Waals surface area contributed by atoms with Gasteiger partial charge in [0.1, 0.15) is 23.7 Å². The molecule has 0 aromatic heterocycles. The Bertz CT molecular complexity index is 1150. The van der Waals surface area contributed by atoms with Gasteiger partial charge in [-0.15, -0.1) is 0 Å². The topological polar surface area (TPSA) is 57.2 Å². The molecule has 0 saturated heterocycles. The summed E-state index contributed by atoms with van der Waals surface area (Å²) >= 11 is 0. The summed E-state index contributed by atoms with van der Waals surface area (Å²) in [6.07, 6.45) is 0.499. The molecule has 0 spiro atoms. The first-order chi connectivity index (χ1) is 15.0. The van der Waals surface area contributed by atoms with Crippen molar-refractivity contribution in [3.63, 3.8) is 0 Å². The van der Waals surface area contributed by atoms with Gasteiger partial charge in [-0.1, -0.05) is 29.8 Å². The van der Waals surface area contributed by atoms with Gasteiger partial charge < -0.3 is 24.1 Å². The van der Waals surface area contributed by atoms with E-state index < -0.39 is 5.60 Å². The van der Waals surface area contributed by atoms with Gasteiger partial charge in [0.25, 0.3) is 0 Å². The van der Waals surface area contributed by atoms with Crippen LogP contribution in [0.5, 0.6) is 23.0 Å². The van der Waals surface area contributed by atoms with Crippen molar-refractivity contribution < 1.29 is 24.1 Å². The summed E-state index contributed by atoms with van der Waals surface area (Å²) in [5.74, 6) is 2.59. The van der Waals surface area contributed by atoms with Gasteiger partial charge in [-0.05, 0) is 41.8 Å². The molecule has 5 rings (SSSR count). The lowest BCUT2D eigenvalue weighted by Crippen LogP contribution is -2.43. The molecule has 0 radical (unpaired) electrons. The Morgan fingerprint density at radius 3 is 2.23 bits per heavy atom. The molecule has 1 aliphatic heterocycles. The van der Waals surface area contributed by atoms with Crippen LogP contribution in [0.3, 0.4) is 0 Å². The number of aryl methyl sites for hydroxylation is 1. The van der Waals surface area contributed by atoms with Crippen LogP contribution in [-0.2, 0) is 6.42 Å². The van der Waals surface area contributed by atoms with Crippen molar-refractivity contribution in [2.45, 2.75) is 24.9 Å². The van der Waals surface area contributed by atoms with Crippen molar-refractivity contribution in [1.82, 2.24) is 0 Å². The van der Waals surface area contributed by atoms with Gasteiger partial charge in [0, 0.05) is 29.5 Å². The van der Waals surface area contributed by atoms with Crippen LogP contribution in [0.15, 0.2) is 48.5 Å². The Kier molecular flexibility index (Phi) is 4.59. The zero-order chi connectivity index (χ0) is 21.8. The monoisotopic (exact) mass is 418 g/mol. The van der Waals surface area contributed by atoms with Crippen LogP contribution in [0, 0.1) is 6.92 Å². The summed E-state index contributed by atoms with van der Waals surface area (Å²) < 4.78 is 22.8. The molecule has 0 bridgehead atoms. The Morgan fingerprint density at radius 2 is 1.55 bits per heavy atom. The highest BCUT2D eigenvalue weighted by Crippen LogP contribution is 2.54. The zero-order valence-corrected chi connectivity index (χ0v) is 18.2. The summed E-state index contributed by atoms with van der Waals surface area (Å²) in [5, 5.41) is 11.6. The van der Waals surface area contributed by atoms with E-state index >= 15 is 0 Å². The minimum atomic E-state index is -1.02. The number of methoxy groups -OCH3 is 3. The normalized spacial score (nSPS) is 20.9. The molecular formula is C26H26O5. The first-order valence-electron chi connectivity index (χ1n) is 10.4. The average molecular weight is 418 g/mol. The van der Waals surface area contributed by atoms with Gasteiger partial charge >= 0.3 is 0 Å². The number of aliphatic hydroxyl groups is 1. The molecule has 160 valence electrons. The van der Waals surface area contributed by atoms with Crippen molar-refractivity contribution in [3.05, 3.63) is 70.8 Å². The minimum Gasteiger partial charge on any atom is -0.496 e. The van der Waals surface area contributed by atoms with Gasteiger partial charge in [-0.2, -0.15) is 0 Å². The van der Waals surface area contributed by atoms with Gasteiger partial charge in [0.2, 0.25) is 0 Å². The summed E-state index contributed by atoms with van der Waals surface area (Å²) in [5.41, 5.74) is 5.26. The van der Waals surface area contributed by atoms with E-state index in [1.165, 1.54) is 5.56 Å². The van der Waals surface area contributed by atoms with Crippen LogP contribution in [-0.4, -0.2) is 38.6 Å². The van der Waals surface area contributed by atoms with E-state index in [2.05, 4.69) is 37.3 Å². The van der Waals surface area contributed by atoms with Crippen LogP contribution >= 0.6 is 0 Å². The predicted molar refractivity (Wildman–Crippen MR) is 119 cm³/mol. The van der Waals surface area contributed by atoms with E-state index in [0.29, 0.717) is 17.9 Å². The Hall–Kier alpha value is -3.18. The SMILES string of the molecule is COc1cc2c(cc1OC)C1c3cc(-c4ccc(C)cc4)c(OC)cc3OCC1(O)C2. The number of fused-ring (bicyclic) bond motifs is 5. The van der Waals surface area contributed by atoms with E-state index in [1.807, 2.05) is 18.2 Å². The molecule has 3 aromatic rings. The zero-order valence-electron chi connectivity index (χ0n) is 18.2. The molecule has 2 aliphatic rings. The van der Waals surface area contributed by atoms with Crippen LogP contribution in [0.4, 0.5) is 0 Å². The van der Waals surface area contributed by atoms with Gasteiger partial charge in [0.15, 0.2) is 11.5 Å². The van der Waals surface area contributed by atoms with Gasteiger partial charge in [-0.25, -0.2) is 0 Å². The molecule has 1 aliphatic carbocycles. The van der Waals surface area contributed by atoms with Crippen LogP contribution < -0.4 is 18.9 Å². The first-order valence-corrected chi connectivity index (χ1v) is 10.4. The largest absolute Gasteiger partial charge is 0.496 e. The second-order valence-corrected chi connectivity index (χ2v) is 8.36. The fourth-order valence-electron chi connectivity index (χ4n) is 4.93. The molecule has 3 aromatic carbocycles. The van der Waals surface area contributed by atoms with Crippen LogP contribution in [0.2, 0.25) is 0 Å². The van der Waals surface area contributed by atoms with Crippen LogP contribution in [0.25, 0.3) is 11.1 Å². The smallest absolute Gasteiger partial charge is 0.161 e. The van der Waals surface area contributed by atoms with Crippen molar-refractivity contribution in [3.8, 4) is 34.1 Å². The molecule has 31 heavy (non-hydrogen) atoms. The summed E-state index contributed by atoms with van der Waals surface area (Å²) in [6.45, 7) is 2.29. The molecule has 0 fully saturated rings. The minimum absolute atomic E-state index is 0.219. The lowest BCUT2D eigenvalue weighted by molar-refractivity contribution is -0.0218. The standard InChI is InChI=1S/C26H26O5/c1-15-5-7-16(8-6-15)18-10-20-22(12-21(18)28-2)31-14-26(27)13-17-9-23(29-3)24(30-4)11-19(17)25(20)26/h5-12,25,27H,13-14H2,1-4H3. The van der Waals surface area contributed by atoms with Crippen molar-refractivity contribution >= 4 is 0 Å². The van der Waals surface area contributed by atoms with E-state index in [-0.39, 0.29) is 12.5 Å². The maximum Gasteiger partial charge on any atom is 0.161 e. The Labute approximate surface area is 182 Å². The van der Waals surface area contributed by atoms with E-state index in [4.69, 9.17) is 18.9 Å². The van der Waals surface area contributed by atoms with E-state index in [9.17, 15) is 5.11 Å². The average Bonchev–Trinajstić information content (AvgIpc) is 3.09. The summed E-state index contributed by atoms with van der Waals surface area (Å²) in [7, 11) is 4.92. The summed E-state index contributed by atoms with van der Waals surface area (Å²) in [6, 6.07) is 16.3. The second-order valence-electron chi connectivity index (χ2n) is 8.36. The van der Waals surface area contributed by atoms with Crippen LogP contribution in [0.1, 0.15) is 28.2 Å². The predicted octanol–water partition coefficient (Wildman–Crippen LogP) is 4.50. The third-order valence-corrected chi connectivity index (χ3v) is 6.47. The molecule has 0 saturated carbocycles. The Morgan fingerprint density at radius 1 is 0.871 bits per heavy atom. The highest BCUT2D eigenvalue weighted by atomic mass is 16.5. The van der Waals surface area contributed by atoms with Gasteiger partial charge in [-0.3, -0.25) is 0 Å². The first kappa shape index (κ1) is 19.8. The maximum atomic E-state index is 11.6. The molecule has 1 N–H and O–H groups in total.